The second-order valence-electron chi connectivity index (χ2n) is 4.90. The van der Waals surface area contributed by atoms with Gasteiger partial charge in [-0.05, 0) is 42.3 Å². The zero-order valence-corrected chi connectivity index (χ0v) is 10.8. The fraction of sp³-hybridized carbons (Fsp3) is 0.188. The molecule has 0 radical (unpaired) electrons. The average molecular weight is 252 g/mol. The smallest absolute Gasteiger partial charge is 0.115 e. The Labute approximate surface area is 112 Å². The maximum absolute atomic E-state index is 9.30. The summed E-state index contributed by atoms with van der Waals surface area (Å²) in [5.74, 6) is 0.283. The Morgan fingerprint density at radius 2 is 1.74 bits per heavy atom. The molecule has 0 fully saturated rings. The number of hydrogen-bond acceptors (Lipinski definition) is 3. The van der Waals surface area contributed by atoms with Crippen molar-refractivity contribution in [3.05, 3.63) is 65.2 Å². The molecule has 0 aromatic heterocycles. The van der Waals surface area contributed by atoms with Crippen LogP contribution in [0.25, 0.3) is 0 Å². The van der Waals surface area contributed by atoms with Gasteiger partial charge in [0, 0.05) is 6.42 Å². The summed E-state index contributed by atoms with van der Waals surface area (Å²) in [6, 6.07) is 15.9. The summed E-state index contributed by atoms with van der Waals surface area (Å²) in [5.41, 5.74) is 7.79. The molecule has 0 spiro atoms. The van der Waals surface area contributed by atoms with E-state index in [0.29, 0.717) is 0 Å². The van der Waals surface area contributed by atoms with Crippen LogP contribution >= 0.6 is 0 Å². The minimum atomic E-state index is 0.240. The quantitative estimate of drug-likeness (QED) is 0.862. The van der Waals surface area contributed by atoms with Gasteiger partial charge in [0.1, 0.15) is 5.75 Å². The number of aromatic hydroxyl groups is 1. The minimum Gasteiger partial charge on any atom is -0.508 e. The van der Waals surface area contributed by atoms with E-state index in [-0.39, 0.29) is 11.8 Å². The van der Waals surface area contributed by atoms with E-state index in [1.54, 1.807) is 12.1 Å². The summed E-state index contributed by atoms with van der Waals surface area (Å²) < 4.78 is 0. The molecule has 2 aromatic carbocycles. The molecule has 96 valence electrons. The van der Waals surface area contributed by atoms with E-state index in [1.807, 2.05) is 12.1 Å². The molecule has 3 heteroatoms. The lowest BCUT2D eigenvalue weighted by Gasteiger charge is -2.10. The van der Waals surface area contributed by atoms with Crippen molar-refractivity contribution < 1.29 is 5.11 Å². The van der Waals surface area contributed by atoms with Crippen molar-refractivity contribution in [1.82, 2.24) is 5.43 Å². The van der Waals surface area contributed by atoms with Crippen LogP contribution in [0.15, 0.2) is 53.6 Å². The minimum absolute atomic E-state index is 0.240. The molecule has 3 nitrogen and oxygen atoms in total. The lowest BCUT2D eigenvalue weighted by atomic mass is 9.98. The monoisotopic (exact) mass is 252 g/mol. The molecule has 1 aliphatic heterocycles. The Hall–Kier alpha value is -2.29. The van der Waals surface area contributed by atoms with Crippen molar-refractivity contribution in [1.29, 1.82) is 0 Å². The molecule has 2 N–H and O–H groups in total. The van der Waals surface area contributed by atoms with Gasteiger partial charge in [-0.3, -0.25) is 0 Å². The Bertz CT molecular complexity index is 600. The van der Waals surface area contributed by atoms with Gasteiger partial charge in [0.15, 0.2) is 0 Å². The topological polar surface area (TPSA) is 44.6 Å². The first-order chi connectivity index (χ1) is 9.22. The van der Waals surface area contributed by atoms with Crippen molar-refractivity contribution in [2.45, 2.75) is 19.4 Å². The maximum Gasteiger partial charge on any atom is 0.115 e. The number of nitrogens with zero attached hydrogens (tertiary/aromatic N) is 1. The van der Waals surface area contributed by atoms with Crippen LogP contribution in [-0.2, 0) is 0 Å². The third kappa shape index (κ3) is 2.45. The van der Waals surface area contributed by atoms with Crippen molar-refractivity contribution in [3.63, 3.8) is 0 Å². The highest BCUT2D eigenvalue weighted by molar-refractivity contribution is 6.01. The number of benzene rings is 2. The zero-order valence-electron chi connectivity index (χ0n) is 10.8. The molecule has 3 rings (SSSR count). The van der Waals surface area contributed by atoms with Gasteiger partial charge in [-0.25, -0.2) is 0 Å². The van der Waals surface area contributed by atoms with E-state index in [2.05, 4.69) is 41.7 Å². The van der Waals surface area contributed by atoms with Crippen molar-refractivity contribution in [2.75, 3.05) is 0 Å². The van der Waals surface area contributed by atoms with E-state index < -0.39 is 0 Å². The van der Waals surface area contributed by atoms with Crippen LogP contribution in [0.1, 0.15) is 29.2 Å². The molecule has 1 heterocycles. The second kappa shape index (κ2) is 4.76. The van der Waals surface area contributed by atoms with Crippen LogP contribution in [0.4, 0.5) is 0 Å². The number of hydrogen-bond donors (Lipinski definition) is 2. The molecule has 0 amide bonds. The maximum atomic E-state index is 9.30. The lowest BCUT2D eigenvalue weighted by Crippen LogP contribution is -2.09. The van der Waals surface area contributed by atoms with E-state index in [0.717, 1.165) is 17.7 Å². The number of rotatable bonds is 2. The highest BCUT2D eigenvalue weighted by Gasteiger charge is 2.20. The number of hydrazone groups is 1. The number of phenols is 1. The van der Waals surface area contributed by atoms with Crippen LogP contribution in [0, 0.1) is 6.92 Å². The Kier molecular flexibility index (Phi) is 2.95. The Morgan fingerprint density at radius 3 is 2.42 bits per heavy atom. The van der Waals surface area contributed by atoms with Gasteiger partial charge in [-0.2, -0.15) is 5.10 Å². The molecule has 2 aromatic rings. The van der Waals surface area contributed by atoms with E-state index in [4.69, 9.17) is 0 Å². The highest BCUT2D eigenvalue weighted by atomic mass is 16.3. The van der Waals surface area contributed by atoms with Crippen molar-refractivity contribution in [3.8, 4) is 5.75 Å². The first-order valence-electron chi connectivity index (χ1n) is 6.40. The molecule has 1 unspecified atom stereocenters. The molecule has 0 saturated heterocycles. The molecule has 0 bridgehead atoms. The van der Waals surface area contributed by atoms with Gasteiger partial charge in [0.25, 0.3) is 0 Å². The fourth-order valence-corrected chi connectivity index (χ4v) is 2.27. The van der Waals surface area contributed by atoms with E-state index in [9.17, 15) is 5.11 Å². The molecule has 19 heavy (non-hydrogen) atoms. The highest BCUT2D eigenvalue weighted by Crippen LogP contribution is 2.25. The molecular formula is C16H16N2O. The van der Waals surface area contributed by atoms with Crippen molar-refractivity contribution >= 4 is 5.71 Å². The first kappa shape index (κ1) is 11.8. The van der Waals surface area contributed by atoms with Gasteiger partial charge in [-0.15, -0.1) is 0 Å². The summed E-state index contributed by atoms with van der Waals surface area (Å²) in [7, 11) is 0. The number of nitrogens with one attached hydrogen (secondary N) is 1. The van der Waals surface area contributed by atoms with Gasteiger partial charge in [0.05, 0.1) is 11.8 Å². The SMILES string of the molecule is Cc1ccc(C2CC(c3ccc(O)cc3)=NN2)cc1. The van der Waals surface area contributed by atoms with Crippen LogP contribution in [0.5, 0.6) is 5.75 Å². The number of phenolic OH excluding ortho intramolecular Hbond substituents is 1. The Morgan fingerprint density at radius 1 is 1.05 bits per heavy atom. The third-order valence-electron chi connectivity index (χ3n) is 3.43. The van der Waals surface area contributed by atoms with Gasteiger partial charge < -0.3 is 10.5 Å². The third-order valence-corrected chi connectivity index (χ3v) is 3.43. The first-order valence-corrected chi connectivity index (χ1v) is 6.40. The number of aryl methyl sites for hydroxylation is 1. The second-order valence-corrected chi connectivity index (χ2v) is 4.90. The van der Waals surface area contributed by atoms with Crippen molar-refractivity contribution in [2.24, 2.45) is 5.10 Å². The summed E-state index contributed by atoms with van der Waals surface area (Å²) in [4.78, 5) is 0. The largest absolute Gasteiger partial charge is 0.508 e. The van der Waals surface area contributed by atoms with Gasteiger partial charge in [-0.1, -0.05) is 29.8 Å². The summed E-state index contributed by atoms with van der Waals surface area (Å²) in [6.45, 7) is 2.09. The molecule has 0 saturated carbocycles. The molecule has 1 aliphatic rings. The van der Waals surface area contributed by atoms with E-state index >= 15 is 0 Å². The van der Waals surface area contributed by atoms with Crippen LogP contribution < -0.4 is 5.43 Å². The Balaban J connectivity index is 1.76. The fourth-order valence-electron chi connectivity index (χ4n) is 2.27. The average Bonchev–Trinajstić information content (AvgIpc) is 2.90. The predicted octanol–water partition coefficient (Wildman–Crippen LogP) is 3.14. The lowest BCUT2D eigenvalue weighted by molar-refractivity contribution is 0.475. The van der Waals surface area contributed by atoms with Crippen LogP contribution in [-0.4, -0.2) is 10.8 Å². The van der Waals surface area contributed by atoms with Gasteiger partial charge in [0.2, 0.25) is 0 Å². The standard InChI is InChI=1S/C16H16N2O/c1-11-2-4-12(5-3-11)15-10-16(18-17-15)13-6-8-14(19)9-7-13/h2-9,15,17,19H,10H2,1H3. The molecular weight excluding hydrogens is 236 g/mol. The predicted molar refractivity (Wildman–Crippen MR) is 76.3 cm³/mol. The summed E-state index contributed by atoms with van der Waals surface area (Å²) in [6.07, 6.45) is 0.869. The summed E-state index contributed by atoms with van der Waals surface area (Å²) >= 11 is 0. The summed E-state index contributed by atoms with van der Waals surface area (Å²) in [5, 5.41) is 13.7. The van der Waals surface area contributed by atoms with Gasteiger partial charge >= 0.3 is 0 Å². The molecule has 0 aliphatic carbocycles. The molecule has 1 atom stereocenters. The van der Waals surface area contributed by atoms with E-state index in [1.165, 1.54) is 11.1 Å². The zero-order chi connectivity index (χ0) is 13.2. The van der Waals surface area contributed by atoms with Crippen LogP contribution in [0.2, 0.25) is 0 Å². The normalized spacial score (nSPS) is 17.9. The van der Waals surface area contributed by atoms with Crippen LogP contribution in [0.3, 0.4) is 0 Å².